The minimum Gasteiger partial charge on any atom is -0.457 e. The Kier molecular flexibility index (Phi) is 5.18. The Morgan fingerprint density at radius 1 is 1.27 bits per heavy atom. The van der Waals surface area contributed by atoms with Crippen LogP contribution in [0.4, 0.5) is 10.8 Å². The quantitative estimate of drug-likeness (QED) is 0.623. The lowest BCUT2D eigenvalue weighted by Gasteiger charge is -2.18. The third-order valence-corrected chi connectivity index (χ3v) is 4.58. The number of furan rings is 1. The molecule has 0 saturated heterocycles. The van der Waals surface area contributed by atoms with Crippen LogP contribution in [-0.2, 0) is 16.1 Å². The minimum absolute atomic E-state index is 0.00896. The van der Waals surface area contributed by atoms with Gasteiger partial charge in [-0.05, 0) is 37.6 Å². The fraction of sp³-hybridized carbons (Fsp3) is 0.211. The van der Waals surface area contributed by atoms with Gasteiger partial charge in [-0.2, -0.15) is 0 Å². The van der Waals surface area contributed by atoms with E-state index in [1.165, 1.54) is 24.5 Å². The number of aromatic nitrogens is 1. The summed E-state index contributed by atoms with van der Waals surface area (Å²) >= 11 is 1.32. The molecule has 0 N–H and O–H groups in total. The summed E-state index contributed by atoms with van der Waals surface area (Å²) in [4.78, 5) is 30.1. The summed E-state index contributed by atoms with van der Waals surface area (Å²) in [7, 11) is 0. The Morgan fingerprint density at radius 3 is 2.73 bits per heavy atom. The number of thiazole rings is 1. The summed E-state index contributed by atoms with van der Waals surface area (Å²) in [5, 5.41) is 2.30. The third-order valence-electron chi connectivity index (χ3n) is 3.70. The van der Waals surface area contributed by atoms with E-state index in [0.717, 1.165) is 16.8 Å². The molecule has 0 unspecified atom stereocenters. The van der Waals surface area contributed by atoms with Crippen LogP contribution in [0.5, 0.6) is 0 Å². The van der Waals surface area contributed by atoms with E-state index in [4.69, 9.17) is 9.15 Å². The van der Waals surface area contributed by atoms with Gasteiger partial charge in [0.2, 0.25) is 11.7 Å². The number of ether oxygens (including phenoxy) is 1. The Bertz CT molecular complexity index is 944. The minimum atomic E-state index is -0.538. The summed E-state index contributed by atoms with van der Waals surface area (Å²) in [5.74, 6) is -0.491. The van der Waals surface area contributed by atoms with Gasteiger partial charge in [0.05, 0.1) is 17.6 Å². The van der Waals surface area contributed by atoms with E-state index >= 15 is 0 Å². The van der Waals surface area contributed by atoms with E-state index in [9.17, 15) is 9.59 Å². The van der Waals surface area contributed by atoms with Crippen molar-refractivity contribution < 1.29 is 18.7 Å². The van der Waals surface area contributed by atoms with E-state index in [-0.39, 0.29) is 18.3 Å². The molecule has 2 aromatic heterocycles. The maximum absolute atomic E-state index is 12.1. The number of aryl methyl sites for hydroxylation is 2. The van der Waals surface area contributed by atoms with Crippen molar-refractivity contribution in [2.24, 2.45) is 0 Å². The van der Waals surface area contributed by atoms with Crippen molar-refractivity contribution in [2.75, 3.05) is 4.90 Å². The Balaban J connectivity index is 1.74. The average molecular weight is 370 g/mol. The fourth-order valence-corrected chi connectivity index (χ4v) is 3.32. The number of anilines is 2. The molecule has 2 heterocycles. The number of carbonyl (C=O) groups excluding carboxylic acids is 2. The van der Waals surface area contributed by atoms with Crippen molar-refractivity contribution in [1.29, 1.82) is 0 Å². The summed E-state index contributed by atoms with van der Waals surface area (Å²) in [6.07, 6.45) is 1.44. The van der Waals surface area contributed by atoms with Crippen molar-refractivity contribution in [1.82, 2.24) is 4.98 Å². The van der Waals surface area contributed by atoms with Crippen molar-refractivity contribution in [2.45, 2.75) is 27.4 Å². The Hall–Kier alpha value is -2.93. The number of hydrogen-bond acceptors (Lipinski definition) is 6. The number of benzene rings is 1. The second kappa shape index (κ2) is 7.53. The first-order valence-electron chi connectivity index (χ1n) is 7.98. The molecule has 0 bridgehead atoms. The highest BCUT2D eigenvalue weighted by atomic mass is 32.1. The van der Waals surface area contributed by atoms with Crippen LogP contribution >= 0.6 is 11.3 Å². The standard InChI is InChI=1S/C19H18N2O4S/c1-12-5-4-6-16(9-12)21(14(3)22)19-20-15(11-26-19)10-25-18(23)17-13(2)7-8-24-17/h4-9,11H,10H2,1-3H3. The van der Waals surface area contributed by atoms with Crippen LogP contribution in [0.1, 0.15) is 34.3 Å². The molecule has 0 atom stereocenters. The number of esters is 1. The average Bonchev–Trinajstić information content (AvgIpc) is 3.22. The molecule has 0 aliphatic carbocycles. The molecule has 0 fully saturated rings. The summed E-state index contributed by atoms with van der Waals surface area (Å²) < 4.78 is 10.4. The van der Waals surface area contributed by atoms with E-state index in [0.29, 0.717) is 10.8 Å². The van der Waals surface area contributed by atoms with E-state index < -0.39 is 5.97 Å². The highest BCUT2D eigenvalue weighted by Crippen LogP contribution is 2.29. The normalized spacial score (nSPS) is 10.6. The molecule has 0 saturated carbocycles. The van der Waals surface area contributed by atoms with Crippen LogP contribution in [0.3, 0.4) is 0 Å². The van der Waals surface area contributed by atoms with Gasteiger partial charge >= 0.3 is 5.97 Å². The van der Waals surface area contributed by atoms with Crippen LogP contribution in [0.2, 0.25) is 0 Å². The maximum Gasteiger partial charge on any atom is 0.374 e. The summed E-state index contributed by atoms with van der Waals surface area (Å²) in [6, 6.07) is 9.33. The summed E-state index contributed by atoms with van der Waals surface area (Å²) in [6.45, 7) is 5.23. The molecule has 3 rings (SSSR count). The molecule has 1 amide bonds. The molecule has 3 aromatic rings. The largest absolute Gasteiger partial charge is 0.457 e. The predicted octanol–water partition coefficient (Wildman–Crippen LogP) is 4.39. The molecule has 0 spiro atoms. The van der Waals surface area contributed by atoms with Gasteiger partial charge in [0.15, 0.2) is 5.13 Å². The molecular formula is C19H18N2O4S. The number of hydrogen-bond donors (Lipinski definition) is 0. The van der Waals surface area contributed by atoms with Gasteiger partial charge in [0, 0.05) is 17.9 Å². The van der Waals surface area contributed by atoms with Gasteiger partial charge in [-0.1, -0.05) is 12.1 Å². The number of nitrogens with zero attached hydrogens (tertiary/aromatic N) is 2. The van der Waals surface area contributed by atoms with Crippen molar-refractivity contribution in [3.05, 3.63) is 64.6 Å². The molecule has 1 aromatic carbocycles. The van der Waals surface area contributed by atoms with Gasteiger partial charge in [-0.25, -0.2) is 9.78 Å². The van der Waals surface area contributed by atoms with Crippen LogP contribution < -0.4 is 4.90 Å². The topological polar surface area (TPSA) is 72.6 Å². The molecule has 134 valence electrons. The van der Waals surface area contributed by atoms with Crippen LogP contribution in [0.25, 0.3) is 0 Å². The summed E-state index contributed by atoms with van der Waals surface area (Å²) in [5.41, 5.74) is 3.09. The second-order valence-corrected chi connectivity index (χ2v) is 6.66. The van der Waals surface area contributed by atoms with Crippen molar-refractivity contribution in [3.8, 4) is 0 Å². The molecule has 0 aliphatic rings. The van der Waals surface area contributed by atoms with Gasteiger partial charge in [-0.15, -0.1) is 11.3 Å². The monoisotopic (exact) mass is 370 g/mol. The zero-order valence-corrected chi connectivity index (χ0v) is 15.5. The highest BCUT2D eigenvalue weighted by molar-refractivity contribution is 7.14. The molecular weight excluding hydrogens is 352 g/mol. The predicted molar refractivity (Wildman–Crippen MR) is 98.7 cm³/mol. The molecule has 7 heteroatoms. The van der Waals surface area contributed by atoms with Gasteiger partial charge in [-0.3, -0.25) is 9.69 Å². The third kappa shape index (κ3) is 3.83. The first-order valence-corrected chi connectivity index (χ1v) is 8.86. The lowest BCUT2D eigenvalue weighted by molar-refractivity contribution is -0.115. The second-order valence-electron chi connectivity index (χ2n) is 5.82. The van der Waals surface area contributed by atoms with Crippen molar-refractivity contribution >= 4 is 34.0 Å². The zero-order chi connectivity index (χ0) is 18.7. The smallest absolute Gasteiger partial charge is 0.374 e. The molecule has 6 nitrogen and oxygen atoms in total. The van der Waals surface area contributed by atoms with Crippen LogP contribution in [-0.4, -0.2) is 16.9 Å². The lowest BCUT2D eigenvalue weighted by atomic mass is 10.2. The lowest BCUT2D eigenvalue weighted by Crippen LogP contribution is -2.22. The number of rotatable bonds is 5. The van der Waals surface area contributed by atoms with Crippen LogP contribution in [0, 0.1) is 13.8 Å². The number of amides is 1. The van der Waals surface area contributed by atoms with E-state index in [2.05, 4.69) is 4.98 Å². The molecule has 0 aliphatic heterocycles. The maximum atomic E-state index is 12.1. The first-order chi connectivity index (χ1) is 12.5. The van der Waals surface area contributed by atoms with E-state index in [1.807, 2.05) is 31.2 Å². The van der Waals surface area contributed by atoms with Gasteiger partial charge < -0.3 is 9.15 Å². The molecule has 26 heavy (non-hydrogen) atoms. The Labute approximate surface area is 155 Å². The fourth-order valence-electron chi connectivity index (χ4n) is 2.45. The highest BCUT2D eigenvalue weighted by Gasteiger charge is 2.19. The van der Waals surface area contributed by atoms with Gasteiger partial charge in [0.1, 0.15) is 6.61 Å². The zero-order valence-electron chi connectivity index (χ0n) is 14.7. The molecule has 0 radical (unpaired) electrons. The van der Waals surface area contributed by atoms with E-state index in [1.54, 1.807) is 23.3 Å². The van der Waals surface area contributed by atoms with Crippen molar-refractivity contribution in [3.63, 3.8) is 0 Å². The number of carbonyl (C=O) groups is 2. The van der Waals surface area contributed by atoms with Gasteiger partial charge in [0.25, 0.3) is 0 Å². The van der Waals surface area contributed by atoms with Crippen LogP contribution in [0.15, 0.2) is 46.4 Å². The SMILES string of the molecule is CC(=O)N(c1cccc(C)c1)c1nc(COC(=O)c2occc2C)cs1. The Morgan fingerprint density at radius 2 is 2.08 bits per heavy atom. The first kappa shape index (κ1) is 17.9.